The number of hydrogen-bond donors (Lipinski definition) is 2. The number of rotatable bonds is 6. The zero-order valence-corrected chi connectivity index (χ0v) is 16.7. The van der Waals surface area contributed by atoms with Gasteiger partial charge in [0.15, 0.2) is 11.8 Å². The molecule has 6 nitrogen and oxygen atoms in total. The zero-order valence-electron chi connectivity index (χ0n) is 16.7. The molecule has 4 rings (SSSR count). The van der Waals surface area contributed by atoms with Crippen LogP contribution in [0.3, 0.4) is 0 Å². The van der Waals surface area contributed by atoms with E-state index in [1.165, 1.54) is 6.07 Å². The predicted molar refractivity (Wildman–Crippen MR) is 108 cm³/mol. The summed E-state index contributed by atoms with van der Waals surface area (Å²) in [6.07, 6.45) is 4.93. The highest BCUT2D eigenvalue weighted by Crippen LogP contribution is 2.48. The minimum Gasteiger partial charge on any atom is -0.357 e. The van der Waals surface area contributed by atoms with Gasteiger partial charge in [-0.1, -0.05) is 19.1 Å². The first-order valence-electron chi connectivity index (χ1n) is 10.4. The third-order valence-corrected chi connectivity index (χ3v) is 5.73. The molecule has 1 aromatic carbocycles. The van der Waals surface area contributed by atoms with E-state index in [1.807, 2.05) is 10.7 Å². The van der Waals surface area contributed by atoms with Crippen molar-refractivity contribution in [1.29, 1.82) is 0 Å². The van der Waals surface area contributed by atoms with Crippen molar-refractivity contribution in [3.63, 3.8) is 0 Å². The second-order valence-corrected chi connectivity index (χ2v) is 7.85. The van der Waals surface area contributed by atoms with Crippen molar-refractivity contribution in [3.05, 3.63) is 47.3 Å². The summed E-state index contributed by atoms with van der Waals surface area (Å²) in [7, 11) is 0. The van der Waals surface area contributed by atoms with Crippen molar-refractivity contribution in [1.82, 2.24) is 25.4 Å². The first-order chi connectivity index (χ1) is 13.6. The van der Waals surface area contributed by atoms with Crippen LogP contribution in [0.1, 0.15) is 50.3 Å². The minimum atomic E-state index is -0.171. The Morgan fingerprint density at radius 3 is 2.93 bits per heavy atom. The summed E-state index contributed by atoms with van der Waals surface area (Å²) < 4.78 is 15.7. The van der Waals surface area contributed by atoms with Crippen LogP contribution in [0.4, 0.5) is 4.39 Å². The van der Waals surface area contributed by atoms with Crippen LogP contribution in [-0.4, -0.2) is 39.9 Å². The summed E-state index contributed by atoms with van der Waals surface area (Å²) in [6, 6.07) is 7.24. The van der Waals surface area contributed by atoms with Crippen LogP contribution in [-0.2, 0) is 24.8 Å². The molecular formula is C21H29FN6. The van der Waals surface area contributed by atoms with E-state index in [0.29, 0.717) is 6.54 Å². The summed E-state index contributed by atoms with van der Waals surface area (Å²) in [5, 5.41) is 11.5. The summed E-state index contributed by atoms with van der Waals surface area (Å²) in [6.45, 7) is 6.44. The van der Waals surface area contributed by atoms with E-state index in [-0.39, 0.29) is 17.3 Å². The van der Waals surface area contributed by atoms with Crippen LogP contribution in [0.25, 0.3) is 0 Å². The van der Waals surface area contributed by atoms with Gasteiger partial charge in [-0.3, -0.25) is 4.99 Å². The van der Waals surface area contributed by atoms with Crippen molar-refractivity contribution < 1.29 is 4.39 Å². The number of guanidine groups is 1. The van der Waals surface area contributed by atoms with Crippen LogP contribution in [0.2, 0.25) is 0 Å². The first kappa shape index (κ1) is 18.9. The van der Waals surface area contributed by atoms with Gasteiger partial charge in [0.2, 0.25) is 0 Å². The van der Waals surface area contributed by atoms with Crippen molar-refractivity contribution in [2.75, 3.05) is 13.1 Å². The van der Waals surface area contributed by atoms with Crippen molar-refractivity contribution >= 4 is 5.96 Å². The Labute approximate surface area is 165 Å². The van der Waals surface area contributed by atoms with Gasteiger partial charge in [-0.15, -0.1) is 0 Å². The number of nitrogens with one attached hydrogen (secondary N) is 2. The summed E-state index contributed by atoms with van der Waals surface area (Å²) >= 11 is 0. The Bertz CT molecular complexity index is 854. The molecule has 0 amide bonds. The Morgan fingerprint density at radius 2 is 2.21 bits per heavy atom. The monoisotopic (exact) mass is 384 g/mol. The fraction of sp³-hybridized carbons (Fsp3) is 0.571. The van der Waals surface area contributed by atoms with Gasteiger partial charge in [0.25, 0.3) is 0 Å². The number of aryl methyl sites for hydroxylation is 2. The first-order valence-corrected chi connectivity index (χ1v) is 10.4. The average molecular weight is 385 g/mol. The lowest BCUT2D eigenvalue weighted by atomic mass is 9.96. The zero-order chi connectivity index (χ0) is 19.6. The largest absolute Gasteiger partial charge is 0.357 e. The molecule has 2 aromatic rings. The molecule has 1 fully saturated rings. The predicted octanol–water partition coefficient (Wildman–Crippen LogP) is 2.58. The fourth-order valence-electron chi connectivity index (χ4n) is 3.88. The van der Waals surface area contributed by atoms with Crippen LogP contribution in [0.15, 0.2) is 29.3 Å². The molecule has 150 valence electrons. The Kier molecular flexibility index (Phi) is 5.33. The molecule has 7 heteroatoms. The third kappa shape index (κ3) is 4.03. The van der Waals surface area contributed by atoms with Gasteiger partial charge in [0.05, 0.1) is 13.1 Å². The van der Waals surface area contributed by atoms with Crippen molar-refractivity contribution in [2.45, 2.75) is 64.0 Å². The van der Waals surface area contributed by atoms with Gasteiger partial charge >= 0.3 is 0 Å². The quantitative estimate of drug-likeness (QED) is 0.593. The van der Waals surface area contributed by atoms with E-state index in [4.69, 9.17) is 4.99 Å². The highest BCUT2D eigenvalue weighted by Gasteiger charge is 2.44. The lowest BCUT2D eigenvalue weighted by molar-refractivity contribution is 0.392. The smallest absolute Gasteiger partial charge is 0.191 e. The van der Waals surface area contributed by atoms with Crippen LogP contribution < -0.4 is 10.6 Å². The molecular weight excluding hydrogens is 355 g/mol. The van der Waals surface area contributed by atoms with Gasteiger partial charge in [-0.2, -0.15) is 5.10 Å². The number of benzene rings is 1. The average Bonchev–Trinajstić information content (AvgIpc) is 3.38. The number of aromatic nitrogens is 3. The van der Waals surface area contributed by atoms with Gasteiger partial charge < -0.3 is 10.6 Å². The lowest BCUT2D eigenvalue weighted by Crippen LogP contribution is -2.47. The second kappa shape index (κ2) is 7.89. The van der Waals surface area contributed by atoms with Gasteiger partial charge in [0, 0.05) is 30.8 Å². The molecule has 1 unspecified atom stereocenters. The maximum Gasteiger partial charge on any atom is 0.191 e. The second-order valence-electron chi connectivity index (χ2n) is 7.85. The molecule has 1 aliphatic carbocycles. The van der Waals surface area contributed by atoms with E-state index >= 15 is 0 Å². The maximum atomic E-state index is 13.6. The molecule has 0 bridgehead atoms. The molecule has 0 spiro atoms. The van der Waals surface area contributed by atoms with E-state index < -0.39 is 0 Å². The Morgan fingerprint density at radius 1 is 1.36 bits per heavy atom. The maximum absolute atomic E-state index is 13.6. The molecule has 28 heavy (non-hydrogen) atoms. The summed E-state index contributed by atoms with van der Waals surface area (Å²) in [5.41, 5.74) is 1.05. The van der Waals surface area contributed by atoms with Crippen LogP contribution >= 0.6 is 0 Å². The summed E-state index contributed by atoms with van der Waals surface area (Å²) in [4.78, 5) is 9.44. The van der Waals surface area contributed by atoms with Gasteiger partial charge in [0.1, 0.15) is 11.6 Å². The molecule has 2 aliphatic rings. The van der Waals surface area contributed by atoms with Crippen molar-refractivity contribution in [2.24, 2.45) is 4.99 Å². The Hall–Kier alpha value is -2.44. The summed E-state index contributed by atoms with van der Waals surface area (Å²) in [5.74, 6) is 2.66. The number of halogens is 1. The van der Waals surface area contributed by atoms with E-state index in [9.17, 15) is 4.39 Å². The van der Waals surface area contributed by atoms with E-state index in [1.54, 1.807) is 12.1 Å². The number of aliphatic imine (C=N–C) groups is 1. The van der Waals surface area contributed by atoms with E-state index in [0.717, 1.165) is 68.4 Å². The topological polar surface area (TPSA) is 67.1 Å². The fourth-order valence-corrected chi connectivity index (χ4v) is 3.88. The van der Waals surface area contributed by atoms with Gasteiger partial charge in [-0.25, -0.2) is 14.1 Å². The molecule has 0 saturated heterocycles. The van der Waals surface area contributed by atoms with Crippen molar-refractivity contribution in [3.8, 4) is 0 Å². The van der Waals surface area contributed by atoms with Crippen LogP contribution in [0, 0.1) is 5.82 Å². The molecule has 1 saturated carbocycles. The molecule has 2 heterocycles. The number of nitrogens with zero attached hydrogens (tertiary/aromatic N) is 4. The van der Waals surface area contributed by atoms with Gasteiger partial charge in [-0.05, 0) is 43.9 Å². The van der Waals surface area contributed by atoms with E-state index in [2.05, 4.69) is 34.6 Å². The molecule has 1 atom stereocenters. The SMILES string of the molecule is CCNC(=NCC1(c2cccc(F)c2)CC1)NC1CCc2nc(CC)nn2C1. The standard InChI is InChI=1S/C21H29FN6/c1-3-18-26-19-9-8-17(13-28(19)27-18)25-20(23-4-2)24-14-21(10-11-21)15-6-5-7-16(22)12-15/h5-7,12,17H,3-4,8-11,13-14H2,1-2H3,(H2,23,24,25). The Balaban J connectivity index is 1.43. The number of fused-ring (bicyclic) bond motifs is 1. The third-order valence-electron chi connectivity index (χ3n) is 5.73. The minimum absolute atomic E-state index is 0.00782. The highest BCUT2D eigenvalue weighted by molar-refractivity contribution is 5.80. The molecule has 0 radical (unpaired) electrons. The number of hydrogen-bond acceptors (Lipinski definition) is 3. The normalized spacial score (nSPS) is 20.5. The molecule has 1 aromatic heterocycles. The lowest BCUT2D eigenvalue weighted by Gasteiger charge is -2.25. The van der Waals surface area contributed by atoms with Crippen LogP contribution in [0.5, 0.6) is 0 Å². The highest BCUT2D eigenvalue weighted by atomic mass is 19.1. The molecule has 2 N–H and O–H groups in total. The molecule has 1 aliphatic heterocycles.